The minimum atomic E-state index is -4.41. The van der Waals surface area contributed by atoms with Gasteiger partial charge in [0, 0.05) is 0 Å². The average Bonchev–Trinajstić information content (AvgIpc) is 2.67. The summed E-state index contributed by atoms with van der Waals surface area (Å²) in [6, 6.07) is -0.459. The van der Waals surface area contributed by atoms with E-state index in [0.717, 1.165) is 0 Å². The number of halogens is 4. The van der Waals surface area contributed by atoms with Gasteiger partial charge in [-0.15, -0.1) is 10.2 Å². The van der Waals surface area contributed by atoms with Gasteiger partial charge in [-0.1, -0.05) is 6.92 Å². The molecule has 1 aromatic heterocycles. The number of nitrogens with one attached hydrogen (secondary N) is 1. The van der Waals surface area contributed by atoms with Gasteiger partial charge in [0.05, 0.1) is 6.04 Å². The van der Waals surface area contributed by atoms with E-state index < -0.39 is 24.3 Å². The molecule has 1 unspecified atom stereocenters. The van der Waals surface area contributed by atoms with Crippen molar-refractivity contribution < 1.29 is 22.0 Å². The summed E-state index contributed by atoms with van der Waals surface area (Å²) in [5.74, 6) is -5.91. The highest BCUT2D eigenvalue weighted by Crippen LogP contribution is 2.33. The van der Waals surface area contributed by atoms with E-state index in [9.17, 15) is 17.6 Å². The molecule has 8 heteroatoms. The van der Waals surface area contributed by atoms with Crippen LogP contribution in [0.15, 0.2) is 4.42 Å². The molecule has 0 amide bonds. The molecule has 0 aliphatic rings. The lowest BCUT2D eigenvalue weighted by molar-refractivity contribution is -0.151. The molecule has 0 aliphatic heterocycles. The highest BCUT2D eigenvalue weighted by atomic mass is 19.3. The third-order valence-electron chi connectivity index (χ3n) is 1.88. The highest BCUT2D eigenvalue weighted by Gasteiger charge is 2.48. The minimum Gasteiger partial charge on any atom is -0.418 e. The Bertz CT molecular complexity index is 342. The van der Waals surface area contributed by atoms with Crippen LogP contribution in [-0.2, 0) is 5.92 Å². The lowest BCUT2D eigenvalue weighted by atomic mass is 10.3. The summed E-state index contributed by atoms with van der Waals surface area (Å²) in [5.41, 5.74) is 0. The van der Waals surface area contributed by atoms with E-state index >= 15 is 0 Å². The Labute approximate surface area is 89.0 Å². The second-order valence-corrected chi connectivity index (χ2v) is 3.15. The van der Waals surface area contributed by atoms with Crippen LogP contribution in [0.25, 0.3) is 0 Å². The molecule has 16 heavy (non-hydrogen) atoms. The van der Waals surface area contributed by atoms with Gasteiger partial charge in [0.2, 0.25) is 5.89 Å². The van der Waals surface area contributed by atoms with E-state index in [2.05, 4.69) is 19.9 Å². The Kier molecular flexibility index (Phi) is 3.84. The number of rotatable bonds is 5. The molecular weight excluding hydrogens is 230 g/mol. The predicted octanol–water partition coefficient (Wildman–Crippen LogP) is 2.10. The fourth-order valence-electron chi connectivity index (χ4n) is 1.03. The number of aromatic nitrogens is 2. The second kappa shape index (κ2) is 4.77. The first-order chi connectivity index (χ1) is 7.39. The summed E-state index contributed by atoms with van der Waals surface area (Å²) in [7, 11) is 0. The molecule has 0 aromatic carbocycles. The van der Waals surface area contributed by atoms with Gasteiger partial charge < -0.3 is 9.73 Å². The van der Waals surface area contributed by atoms with Gasteiger partial charge in [-0.25, -0.2) is 8.78 Å². The molecule has 1 atom stereocenters. The van der Waals surface area contributed by atoms with E-state index in [1.807, 2.05) is 0 Å². The maximum Gasteiger partial charge on any atom is 0.382 e. The van der Waals surface area contributed by atoms with Crippen LogP contribution < -0.4 is 5.32 Å². The van der Waals surface area contributed by atoms with Gasteiger partial charge in [0.25, 0.3) is 5.89 Å². The Balaban J connectivity index is 2.86. The largest absolute Gasteiger partial charge is 0.418 e. The van der Waals surface area contributed by atoms with Gasteiger partial charge in [0.15, 0.2) is 0 Å². The zero-order valence-electron chi connectivity index (χ0n) is 8.68. The van der Waals surface area contributed by atoms with Crippen LogP contribution in [-0.4, -0.2) is 23.2 Å². The van der Waals surface area contributed by atoms with Gasteiger partial charge >= 0.3 is 12.3 Å². The molecule has 0 fully saturated rings. The van der Waals surface area contributed by atoms with Crippen LogP contribution in [0.5, 0.6) is 0 Å². The standard InChI is InChI=1S/C8H11F4N3O/c1-3-13-4(2)5-14-15-7(16-5)8(11,12)6(9)10/h4,6,13H,3H2,1-2H3. The van der Waals surface area contributed by atoms with E-state index in [1.165, 1.54) is 0 Å². The molecule has 1 N–H and O–H groups in total. The number of alkyl halides is 4. The zero-order valence-corrected chi connectivity index (χ0v) is 8.68. The fourth-order valence-corrected chi connectivity index (χ4v) is 1.03. The third kappa shape index (κ3) is 2.49. The summed E-state index contributed by atoms with van der Waals surface area (Å²) in [6.07, 6.45) is -3.87. The summed E-state index contributed by atoms with van der Waals surface area (Å²) < 4.78 is 54.0. The Morgan fingerprint density at radius 3 is 2.50 bits per heavy atom. The van der Waals surface area contributed by atoms with Crippen molar-refractivity contribution in [1.29, 1.82) is 0 Å². The molecule has 92 valence electrons. The van der Waals surface area contributed by atoms with Gasteiger partial charge in [-0.05, 0) is 13.5 Å². The first-order valence-corrected chi connectivity index (χ1v) is 4.62. The lowest BCUT2D eigenvalue weighted by Gasteiger charge is -2.10. The van der Waals surface area contributed by atoms with E-state index in [-0.39, 0.29) is 5.89 Å². The van der Waals surface area contributed by atoms with Crippen molar-refractivity contribution >= 4 is 0 Å². The maximum atomic E-state index is 12.8. The smallest absolute Gasteiger partial charge is 0.382 e. The van der Waals surface area contributed by atoms with Crippen LogP contribution >= 0.6 is 0 Å². The Morgan fingerprint density at radius 2 is 2.00 bits per heavy atom. The van der Waals surface area contributed by atoms with Crippen molar-refractivity contribution in [1.82, 2.24) is 15.5 Å². The van der Waals surface area contributed by atoms with Crippen LogP contribution in [0.3, 0.4) is 0 Å². The molecule has 1 heterocycles. The van der Waals surface area contributed by atoms with E-state index in [0.29, 0.717) is 6.54 Å². The van der Waals surface area contributed by atoms with Crippen molar-refractivity contribution in [3.8, 4) is 0 Å². The van der Waals surface area contributed by atoms with Crippen LogP contribution in [0, 0.1) is 0 Å². The van der Waals surface area contributed by atoms with Crippen molar-refractivity contribution in [3.05, 3.63) is 11.8 Å². The van der Waals surface area contributed by atoms with Crippen LogP contribution in [0.4, 0.5) is 17.6 Å². The molecule has 1 rings (SSSR count). The highest BCUT2D eigenvalue weighted by molar-refractivity contribution is 4.95. The zero-order chi connectivity index (χ0) is 12.3. The fraction of sp³-hybridized carbons (Fsp3) is 0.750. The second-order valence-electron chi connectivity index (χ2n) is 3.15. The summed E-state index contributed by atoms with van der Waals surface area (Å²) in [6.45, 7) is 3.95. The summed E-state index contributed by atoms with van der Waals surface area (Å²) in [4.78, 5) is 0. The average molecular weight is 241 g/mol. The molecule has 0 saturated heterocycles. The van der Waals surface area contributed by atoms with E-state index in [4.69, 9.17) is 0 Å². The normalized spacial score (nSPS) is 14.4. The third-order valence-corrected chi connectivity index (χ3v) is 1.88. The van der Waals surface area contributed by atoms with Crippen molar-refractivity contribution in [2.75, 3.05) is 6.54 Å². The molecule has 1 aromatic rings. The monoisotopic (exact) mass is 241 g/mol. The first kappa shape index (κ1) is 12.9. The summed E-state index contributed by atoms with van der Waals surface area (Å²) >= 11 is 0. The lowest BCUT2D eigenvalue weighted by Crippen LogP contribution is -2.24. The van der Waals surface area contributed by atoms with Crippen molar-refractivity contribution in [2.24, 2.45) is 0 Å². The topological polar surface area (TPSA) is 51.0 Å². The SMILES string of the molecule is CCNC(C)c1nnc(C(F)(F)C(F)F)o1. The van der Waals surface area contributed by atoms with Gasteiger partial charge in [-0.3, -0.25) is 0 Å². The van der Waals surface area contributed by atoms with Crippen LogP contribution in [0.1, 0.15) is 31.7 Å². The Morgan fingerprint density at radius 1 is 1.38 bits per heavy atom. The quantitative estimate of drug-likeness (QED) is 0.802. The minimum absolute atomic E-state index is 0.142. The first-order valence-electron chi connectivity index (χ1n) is 4.62. The summed E-state index contributed by atoms with van der Waals surface area (Å²) in [5, 5.41) is 9.04. The molecule has 4 nitrogen and oxygen atoms in total. The molecular formula is C8H11F4N3O. The molecule has 0 bridgehead atoms. The molecule has 0 aliphatic carbocycles. The molecule has 0 spiro atoms. The molecule has 0 saturated carbocycles. The predicted molar refractivity (Wildman–Crippen MR) is 46.3 cm³/mol. The van der Waals surface area contributed by atoms with Gasteiger partial charge in [-0.2, -0.15) is 8.78 Å². The van der Waals surface area contributed by atoms with Crippen molar-refractivity contribution in [2.45, 2.75) is 32.2 Å². The Hall–Kier alpha value is -1.18. The maximum absolute atomic E-state index is 12.8. The van der Waals surface area contributed by atoms with E-state index in [1.54, 1.807) is 13.8 Å². The molecule has 0 radical (unpaired) electrons. The van der Waals surface area contributed by atoms with Crippen LogP contribution in [0.2, 0.25) is 0 Å². The van der Waals surface area contributed by atoms with Crippen molar-refractivity contribution in [3.63, 3.8) is 0 Å². The van der Waals surface area contributed by atoms with Gasteiger partial charge in [0.1, 0.15) is 0 Å². The number of hydrogen-bond donors (Lipinski definition) is 1. The number of hydrogen-bond acceptors (Lipinski definition) is 4. The number of nitrogens with zero attached hydrogens (tertiary/aromatic N) is 2.